The number of nitrogens with two attached hydrogens (primary N) is 1. The Hall–Kier alpha value is -2.68. The van der Waals surface area contributed by atoms with Gasteiger partial charge in [-0.15, -0.1) is 0 Å². The van der Waals surface area contributed by atoms with Gasteiger partial charge in [-0.25, -0.2) is 0 Å². The zero-order valence-corrected chi connectivity index (χ0v) is 12.3. The Morgan fingerprint density at radius 2 is 2.26 bits per heavy atom. The van der Waals surface area contributed by atoms with Gasteiger partial charge in [0.1, 0.15) is 12.3 Å². The van der Waals surface area contributed by atoms with E-state index in [4.69, 9.17) is 10.5 Å². The van der Waals surface area contributed by atoms with Crippen molar-refractivity contribution in [3.63, 3.8) is 0 Å². The summed E-state index contributed by atoms with van der Waals surface area (Å²) in [4.78, 5) is 37.6. The molecule has 0 saturated carbocycles. The first kappa shape index (κ1) is 15.2. The maximum Gasteiger partial charge on any atom is 0.271 e. The first-order valence-corrected chi connectivity index (χ1v) is 7.20. The van der Waals surface area contributed by atoms with Crippen molar-refractivity contribution in [3.8, 4) is 5.75 Å². The summed E-state index contributed by atoms with van der Waals surface area (Å²) < 4.78 is 5.27. The highest BCUT2D eigenvalue weighted by molar-refractivity contribution is 6.02. The van der Waals surface area contributed by atoms with Gasteiger partial charge in [-0.3, -0.25) is 24.6 Å². The summed E-state index contributed by atoms with van der Waals surface area (Å²) in [5.74, 6) is -0.290. The van der Waals surface area contributed by atoms with Crippen LogP contribution in [0, 0.1) is 10.1 Å². The number of rotatable bonds is 3. The molecule has 9 heteroatoms. The van der Waals surface area contributed by atoms with Gasteiger partial charge in [0.15, 0.2) is 6.61 Å². The largest absolute Gasteiger partial charge is 0.482 e. The Bertz CT molecular complexity index is 677. The van der Waals surface area contributed by atoms with E-state index in [0.717, 1.165) is 6.42 Å². The Balaban J connectivity index is 1.84. The molecule has 0 radical (unpaired) electrons. The molecule has 1 aromatic rings. The van der Waals surface area contributed by atoms with Crippen LogP contribution in [-0.2, 0) is 9.59 Å². The fourth-order valence-corrected chi connectivity index (χ4v) is 2.73. The number of ether oxygens (including phenoxy) is 1. The van der Waals surface area contributed by atoms with Crippen LogP contribution in [0.4, 0.5) is 11.4 Å². The molecule has 2 amide bonds. The summed E-state index contributed by atoms with van der Waals surface area (Å²) in [7, 11) is 0. The van der Waals surface area contributed by atoms with Gasteiger partial charge in [-0.1, -0.05) is 0 Å². The standard InChI is InChI=1S/C14H16N4O5/c15-9-3-4-16(6-9)13(19)7-17-11-5-10(18(21)22)1-2-12(11)23-8-14(17)20/h1-2,5,9H,3-4,6-8,15H2/t9-/m1/s1. The Labute approximate surface area is 131 Å². The second-order valence-corrected chi connectivity index (χ2v) is 5.57. The van der Waals surface area contributed by atoms with Crippen molar-refractivity contribution in [2.75, 3.05) is 31.1 Å². The molecule has 1 fully saturated rings. The molecule has 0 bridgehead atoms. The SMILES string of the molecule is N[C@@H]1CCN(C(=O)CN2C(=O)COc3ccc([N+](=O)[O-])cc32)C1. The van der Waals surface area contributed by atoms with Gasteiger partial charge < -0.3 is 15.4 Å². The summed E-state index contributed by atoms with van der Waals surface area (Å²) >= 11 is 0. The fraction of sp³-hybridized carbons (Fsp3) is 0.429. The number of amides is 2. The van der Waals surface area contributed by atoms with Gasteiger partial charge >= 0.3 is 0 Å². The number of fused-ring (bicyclic) bond motifs is 1. The minimum Gasteiger partial charge on any atom is -0.482 e. The molecule has 23 heavy (non-hydrogen) atoms. The molecular formula is C14H16N4O5. The molecule has 3 rings (SSSR count). The molecular weight excluding hydrogens is 304 g/mol. The third-order valence-corrected chi connectivity index (χ3v) is 3.97. The number of benzene rings is 1. The number of nitro benzene ring substituents is 1. The molecule has 2 aliphatic heterocycles. The quantitative estimate of drug-likeness (QED) is 0.612. The van der Waals surface area contributed by atoms with Crippen molar-refractivity contribution in [1.29, 1.82) is 0 Å². The fourth-order valence-electron chi connectivity index (χ4n) is 2.73. The van der Waals surface area contributed by atoms with Gasteiger partial charge in [0.2, 0.25) is 5.91 Å². The lowest BCUT2D eigenvalue weighted by Crippen LogP contribution is -2.46. The minimum absolute atomic E-state index is 0.0484. The van der Waals surface area contributed by atoms with Crippen molar-refractivity contribution in [3.05, 3.63) is 28.3 Å². The molecule has 1 aromatic carbocycles. The lowest BCUT2D eigenvalue weighted by atomic mass is 10.2. The van der Waals surface area contributed by atoms with E-state index in [1.54, 1.807) is 4.90 Å². The number of nitrogens with zero attached hydrogens (tertiary/aromatic N) is 3. The van der Waals surface area contributed by atoms with E-state index in [9.17, 15) is 19.7 Å². The summed E-state index contributed by atoms with van der Waals surface area (Å²) in [5.41, 5.74) is 5.86. The molecule has 122 valence electrons. The number of anilines is 1. The van der Waals surface area contributed by atoms with E-state index in [0.29, 0.717) is 18.8 Å². The van der Waals surface area contributed by atoms with Crippen LogP contribution in [0.5, 0.6) is 5.75 Å². The van der Waals surface area contributed by atoms with E-state index >= 15 is 0 Å². The topological polar surface area (TPSA) is 119 Å². The summed E-state index contributed by atoms with van der Waals surface area (Å²) in [6.07, 6.45) is 0.727. The van der Waals surface area contributed by atoms with Crippen molar-refractivity contribution >= 4 is 23.2 Å². The van der Waals surface area contributed by atoms with E-state index in [1.165, 1.54) is 23.1 Å². The summed E-state index contributed by atoms with van der Waals surface area (Å²) in [6, 6.07) is 3.93. The monoisotopic (exact) mass is 320 g/mol. The third kappa shape index (κ3) is 2.95. The highest BCUT2D eigenvalue weighted by Crippen LogP contribution is 2.35. The van der Waals surface area contributed by atoms with Crippen LogP contribution < -0.4 is 15.4 Å². The van der Waals surface area contributed by atoms with E-state index in [1.807, 2.05) is 0 Å². The molecule has 9 nitrogen and oxygen atoms in total. The normalized spacial score (nSPS) is 20.2. The van der Waals surface area contributed by atoms with Gasteiger partial charge in [0.05, 0.1) is 10.6 Å². The van der Waals surface area contributed by atoms with Gasteiger partial charge in [0.25, 0.3) is 11.6 Å². The number of likely N-dealkylation sites (tertiary alicyclic amines) is 1. The Kier molecular flexibility index (Phi) is 3.87. The molecule has 2 N–H and O–H groups in total. The third-order valence-electron chi connectivity index (χ3n) is 3.97. The maximum atomic E-state index is 12.3. The number of carbonyl (C=O) groups is 2. The Morgan fingerprint density at radius 3 is 2.91 bits per heavy atom. The predicted octanol–water partition coefficient (Wildman–Crippen LogP) is -0.120. The highest BCUT2D eigenvalue weighted by Gasteiger charge is 2.32. The second-order valence-electron chi connectivity index (χ2n) is 5.57. The summed E-state index contributed by atoms with van der Waals surface area (Å²) in [5, 5.41) is 10.9. The molecule has 2 aliphatic rings. The molecule has 2 heterocycles. The summed E-state index contributed by atoms with van der Waals surface area (Å²) in [6.45, 7) is 0.639. The van der Waals surface area contributed by atoms with Gasteiger partial charge in [-0.2, -0.15) is 0 Å². The maximum absolute atomic E-state index is 12.3. The van der Waals surface area contributed by atoms with Crippen LogP contribution in [0.15, 0.2) is 18.2 Å². The van der Waals surface area contributed by atoms with Crippen molar-refractivity contribution in [2.24, 2.45) is 5.73 Å². The number of non-ortho nitro benzene ring substituents is 1. The minimum atomic E-state index is -0.557. The number of hydrogen-bond donors (Lipinski definition) is 1. The molecule has 1 atom stereocenters. The van der Waals surface area contributed by atoms with Crippen molar-refractivity contribution < 1.29 is 19.2 Å². The smallest absolute Gasteiger partial charge is 0.271 e. The molecule has 0 aromatic heterocycles. The molecule has 0 aliphatic carbocycles. The second kappa shape index (κ2) is 5.84. The first-order valence-electron chi connectivity index (χ1n) is 7.20. The van der Waals surface area contributed by atoms with Crippen LogP contribution in [0.3, 0.4) is 0 Å². The lowest BCUT2D eigenvalue weighted by molar-refractivity contribution is -0.384. The Morgan fingerprint density at radius 1 is 1.48 bits per heavy atom. The molecule has 0 spiro atoms. The molecule has 0 unspecified atom stereocenters. The number of carbonyl (C=O) groups excluding carboxylic acids is 2. The average Bonchev–Trinajstić information content (AvgIpc) is 2.96. The van der Waals surface area contributed by atoms with E-state index < -0.39 is 10.8 Å². The van der Waals surface area contributed by atoms with Crippen LogP contribution in [0.25, 0.3) is 0 Å². The van der Waals surface area contributed by atoms with Gasteiger partial charge in [0, 0.05) is 31.3 Å². The van der Waals surface area contributed by atoms with Crippen molar-refractivity contribution in [1.82, 2.24) is 4.90 Å². The molecule has 1 saturated heterocycles. The van der Waals surface area contributed by atoms with Crippen molar-refractivity contribution in [2.45, 2.75) is 12.5 Å². The van der Waals surface area contributed by atoms with E-state index in [2.05, 4.69) is 0 Å². The highest BCUT2D eigenvalue weighted by atomic mass is 16.6. The van der Waals surface area contributed by atoms with Crippen LogP contribution in [0.2, 0.25) is 0 Å². The first-order chi connectivity index (χ1) is 11.0. The van der Waals surface area contributed by atoms with E-state index in [-0.39, 0.29) is 36.5 Å². The zero-order chi connectivity index (χ0) is 16.6. The van der Waals surface area contributed by atoms with Crippen LogP contribution in [-0.4, -0.2) is 53.9 Å². The van der Waals surface area contributed by atoms with Crippen LogP contribution >= 0.6 is 0 Å². The van der Waals surface area contributed by atoms with Crippen LogP contribution in [0.1, 0.15) is 6.42 Å². The average molecular weight is 320 g/mol. The zero-order valence-electron chi connectivity index (χ0n) is 12.3. The number of nitro groups is 1. The predicted molar refractivity (Wildman–Crippen MR) is 80.1 cm³/mol. The lowest BCUT2D eigenvalue weighted by Gasteiger charge is -2.30. The van der Waals surface area contributed by atoms with Gasteiger partial charge in [-0.05, 0) is 12.5 Å². The number of hydrogen-bond acceptors (Lipinski definition) is 6.